The van der Waals surface area contributed by atoms with Crippen LogP contribution in [-0.2, 0) is 18.7 Å². The average molecular weight is 695 g/mol. The van der Waals surface area contributed by atoms with Gasteiger partial charge >= 0.3 is 12.1 Å². The average Bonchev–Trinajstić information content (AvgIpc) is 2.94. The molecule has 11 heteroatoms. The molecule has 0 radical (unpaired) electrons. The summed E-state index contributed by atoms with van der Waals surface area (Å²) < 4.78 is 23.2. The van der Waals surface area contributed by atoms with Crippen molar-refractivity contribution in [2.45, 2.75) is 125 Å². The van der Waals surface area contributed by atoms with E-state index in [0.29, 0.717) is 37.5 Å². The van der Waals surface area contributed by atoms with E-state index in [2.05, 4.69) is 45.3 Å². The number of aliphatic carboxylic acids is 1. The molecule has 0 heterocycles. The van der Waals surface area contributed by atoms with Crippen LogP contribution in [0.2, 0.25) is 13.1 Å². The molecule has 1 aromatic rings. The summed E-state index contributed by atoms with van der Waals surface area (Å²) in [6.07, 6.45) is 1.82. The Morgan fingerprint density at radius 1 is 0.938 bits per heavy atom. The van der Waals surface area contributed by atoms with Gasteiger partial charge in [0.15, 0.2) is 14.6 Å². The van der Waals surface area contributed by atoms with Crippen molar-refractivity contribution < 1.29 is 38.1 Å². The molecular weight excluding hydrogens is 628 g/mol. The van der Waals surface area contributed by atoms with E-state index in [1.807, 2.05) is 59.8 Å². The molecule has 0 aliphatic heterocycles. The van der Waals surface area contributed by atoms with Gasteiger partial charge in [-0.1, -0.05) is 60.6 Å². The first-order valence-corrected chi connectivity index (χ1v) is 20.3. The van der Waals surface area contributed by atoms with E-state index in [-0.39, 0.29) is 36.0 Å². The number of unbranched alkanes of at least 4 members (excludes halogenated alkanes) is 1. The van der Waals surface area contributed by atoms with Crippen LogP contribution in [0.15, 0.2) is 24.3 Å². The molecule has 0 aliphatic rings. The number of carbonyl (C=O) groups excluding carboxylic acids is 2. The van der Waals surface area contributed by atoms with Crippen LogP contribution >= 0.6 is 0 Å². The van der Waals surface area contributed by atoms with Crippen molar-refractivity contribution in [2.24, 2.45) is 29.1 Å². The highest BCUT2D eigenvalue weighted by molar-refractivity contribution is 6.48. The number of para-hydroxylation sites is 1. The number of amides is 2. The minimum Gasteiger partial charge on any atom is -0.493 e. The number of methoxy groups -OCH3 is 1. The normalized spacial score (nSPS) is 15.5. The third-order valence-electron chi connectivity index (χ3n) is 8.72. The zero-order valence-corrected chi connectivity index (χ0v) is 33.2. The van der Waals surface area contributed by atoms with Gasteiger partial charge in [0.1, 0.15) is 11.4 Å². The third-order valence-corrected chi connectivity index (χ3v) is 9.61. The van der Waals surface area contributed by atoms with Gasteiger partial charge in [0.05, 0.1) is 12.2 Å². The van der Waals surface area contributed by atoms with E-state index in [1.165, 1.54) is 0 Å². The lowest BCUT2D eigenvalue weighted by molar-refractivity contribution is -0.164. The zero-order valence-electron chi connectivity index (χ0n) is 32.0. The van der Waals surface area contributed by atoms with E-state index in [9.17, 15) is 19.5 Å². The summed E-state index contributed by atoms with van der Waals surface area (Å²) in [7, 11) is -0.112. The van der Waals surface area contributed by atoms with Gasteiger partial charge in [0.2, 0.25) is 0 Å². The van der Waals surface area contributed by atoms with Crippen molar-refractivity contribution in [1.82, 2.24) is 10.6 Å². The Kier molecular flexibility index (Phi) is 17.7. The molecule has 0 fully saturated rings. The van der Waals surface area contributed by atoms with Gasteiger partial charge in [-0.05, 0) is 101 Å². The van der Waals surface area contributed by atoms with E-state index < -0.39 is 43.8 Å². The lowest BCUT2D eigenvalue weighted by Crippen LogP contribution is -2.56. The number of hydrogen-bond donors (Lipinski definition) is 3. The summed E-state index contributed by atoms with van der Waals surface area (Å²) >= 11 is 0. The first-order valence-electron chi connectivity index (χ1n) is 17.5. The number of rotatable bonds is 20. The van der Waals surface area contributed by atoms with Crippen LogP contribution in [0.25, 0.3) is 0 Å². The maximum atomic E-state index is 13.5. The van der Waals surface area contributed by atoms with Gasteiger partial charge in [0, 0.05) is 26.3 Å². The van der Waals surface area contributed by atoms with Crippen LogP contribution in [0.1, 0.15) is 105 Å². The number of benzene rings is 1. The van der Waals surface area contributed by atoms with Crippen LogP contribution in [0, 0.1) is 29.1 Å². The van der Waals surface area contributed by atoms with Gasteiger partial charge in [-0.2, -0.15) is 0 Å². The predicted octanol–water partition coefficient (Wildman–Crippen LogP) is 7.31. The lowest BCUT2D eigenvalue weighted by atomic mass is 9.66. The van der Waals surface area contributed by atoms with Gasteiger partial charge < -0.3 is 34.4 Å². The molecule has 1 aromatic carbocycles. The van der Waals surface area contributed by atoms with E-state index in [1.54, 1.807) is 19.2 Å². The summed E-state index contributed by atoms with van der Waals surface area (Å²) in [4.78, 5) is 39.8. The highest BCUT2D eigenvalue weighted by atomic mass is 28.3. The van der Waals surface area contributed by atoms with Crippen molar-refractivity contribution in [3.63, 3.8) is 0 Å². The fourth-order valence-corrected chi connectivity index (χ4v) is 7.24. The molecule has 0 spiro atoms. The predicted molar refractivity (Wildman–Crippen MR) is 194 cm³/mol. The van der Waals surface area contributed by atoms with Gasteiger partial charge in [0.25, 0.3) is 5.91 Å². The van der Waals surface area contributed by atoms with Gasteiger partial charge in [-0.25, -0.2) is 9.59 Å². The van der Waals surface area contributed by atoms with Crippen molar-refractivity contribution >= 4 is 27.0 Å². The number of alkyl carbamates (subject to hydrolysis) is 1. The second-order valence-electron chi connectivity index (χ2n) is 15.9. The molecule has 0 aliphatic carbocycles. The van der Waals surface area contributed by atoms with Gasteiger partial charge in [-0.3, -0.25) is 4.79 Å². The Hall–Kier alpha value is -2.63. The number of ether oxygens (including phenoxy) is 3. The van der Waals surface area contributed by atoms with Crippen LogP contribution < -0.4 is 15.4 Å². The number of nitrogens with one attached hydrogen (secondary N) is 2. The maximum absolute atomic E-state index is 13.5. The minimum atomic E-state index is -1.78. The van der Waals surface area contributed by atoms with Crippen LogP contribution in [-0.4, -0.2) is 76.2 Å². The Labute approximate surface area is 292 Å². The zero-order chi connectivity index (χ0) is 36.9. The smallest absolute Gasteiger partial charge is 0.407 e. The van der Waals surface area contributed by atoms with Gasteiger partial charge in [-0.15, -0.1) is 0 Å². The summed E-state index contributed by atoms with van der Waals surface area (Å²) in [5.74, 6) is -1.24. The van der Waals surface area contributed by atoms with Crippen LogP contribution in [0.5, 0.6) is 5.75 Å². The first kappa shape index (κ1) is 43.4. The molecule has 0 aromatic heterocycles. The Balaban J connectivity index is 3.44. The van der Waals surface area contributed by atoms with Crippen molar-refractivity contribution in [3.05, 3.63) is 29.8 Å². The standard InChI is InChI=1S/C37H66N2O8Si/c1-25(2)27(24-38-32(40)28-18-14-15-19-31(28)45-21-17-16-20-44-11)22-30(39-34(43)46-36(8,9)10)29(35(5,6)7)23-37(26(3)4,33(41)42)47-48(12)13/h14-15,18-19,25-27,29-30,48H,16-17,20-24H2,1-13H3,(H,38,40)(H,39,43)(H,41,42)/t27-,29-,30+,37+/m1/s1. The highest BCUT2D eigenvalue weighted by Gasteiger charge is 2.49. The third kappa shape index (κ3) is 14.5. The topological polar surface area (TPSA) is 132 Å². The molecule has 0 saturated carbocycles. The highest BCUT2D eigenvalue weighted by Crippen LogP contribution is 2.42. The molecule has 2 amide bonds. The molecule has 0 bridgehead atoms. The van der Waals surface area contributed by atoms with E-state index in [0.717, 1.165) is 12.8 Å². The summed E-state index contributed by atoms with van der Waals surface area (Å²) in [6, 6.07) is 6.74. The Bertz CT molecular complexity index is 1140. The molecular formula is C37H66N2O8Si. The molecule has 1 rings (SSSR count). The summed E-state index contributed by atoms with van der Waals surface area (Å²) in [5.41, 5.74) is -2.09. The molecule has 4 atom stereocenters. The molecule has 10 nitrogen and oxygen atoms in total. The summed E-state index contributed by atoms with van der Waals surface area (Å²) in [5, 5.41) is 16.9. The SMILES string of the molecule is COCCCCOc1ccccc1C(=O)NC[C@@H](C[C@H](NC(=O)OC(C)(C)C)[C@@H](C[C@@](O[SiH](C)C)(C(=O)O)C(C)C)C(C)(C)C)C(C)C. The van der Waals surface area contributed by atoms with E-state index in [4.69, 9.17) is 18.6 Å². The first-order chi connectivity index (χ1) is 22.1. The lowest BCUT2D eigenvalue weighted by Gasteiger charge is -2.46. The Morgan fingerprint density at radius 3 is 2.04 bits per heavy atom. The number of hydrogen-bond acceptors (Lipinski definition) is 7. The number of carboxylic acid groups (broad SMARTS) is 1. The van der Waals surface area contributed by atoms with Crippen molar-refractivity contribution in [2.75, 3.05) is 26.9 Å². The van der Waals surface area contributed by atoms with Crippen molar-refractivity contribution in [3.8, 4) is 5.75 Å². The monoisotopic (exact) mass is 694 g/mol. The maximum Gasteiger partial charge on any atom is 0.407 e. The fourth-order valence-electron chi connectivity index (χ4n) is 5.93. The van der Waals surface area contributed by atoms with Crippen LogP contribution in [0.4, 0.5) is 4.79 Å². The molecule has 48 heavy (non-hydrogen) atoms. The van der Waals surface area contributed by atoms with E-state index >= 15 is 0 Å². The fraction of sp³-hybridized carbons (Fsp3) is 0.757. The minimum absolute atomic E-state index is 0.0560. The molecule has 3 N–H and O–H groups in total. The number of carboxylic acids is 1. The molecule has 0 saturated heterocycles. The molecule has 0 unspecified atom stereocenters. The van der Waals surface area contributed by atoms with Crippen molar-refractivity contribution in [1.29, 1.82) is 0 Å². The molecule has 276 valence electrons. The quantitative estimate of drug-likeness (QED) is 0.0957. The second kappa shape index (κ2) is 19.5. The second-order valence-corrected chi connectivity index (χ2v) is 18.3. The summed E-state index contributed by atoms with van der Waals surface area (Å²) in [6.45, 7) is 25.0. The van der Waals surface area contributed by atoms with Crippen LogP contribution in [0.3, 0.4) is 0 Å². The largest absolute Gasteiger partial charge is 0.493 e. The Morgan fingerprint density at radius 2 is 1.54 bits per heavy atom. The number of carbonyl (C=O) groups is 3.